The maximum absolute atomic E-state index is 13.0. The van der Waals surface area contributed by atoms with Crippen molar-refractivity contribution in [3.63, 3.8) is 0 Å². The first-order valence-corrected chi connectivity index (χ1v) is 13.9. The minimum absolute atomic E-state index is 0.0496. The molecular formula is C28H33BrClN3O5. The standard InChI is InChI=1S/C28H33BrClN3O5/c1-16(2)38-23-14-31-13-21-25(27(29)32-26(21)23)17-5-7-33(28(3,4)12-17)8-6-22(34)18-9-19(30)11-20(10-18)37-15-24(35)36/h9-11,13-14,16-17,32H,5-8,12,15H2,1-4H3,(H,35,36). The molecule has 2 N–H and O–H groups in total. The molecule has 0 spiro atoms. The van der Waals surface area contributed by atoms with Crippen LogP contribution in [0.15, 0.2) is 35.2 Å². The number of ether oxygens (including phenoxy) is 2. The molecule has 1 saturated heterocycles. The molecule has 1 aliphatic heterocycles. The highest BCUT2D eigenvalue weighted by Crippen LogP contribution is 2.44. The van der Waals surface area contributed by atoms with E-state index in [9.17, 15) is 9.59 Å². The Balaban J connectivity index is 1.44. The van der Waals surface area contributed by atoms with Crippen LogP contribution in [0.4, 0.5) is 0 Å². The summed E-state index contributed by atoms with van der Waals surface area (Å²) in [5.41, 5.74) is 2.46. The van der Waals surface area contributed by atoms with Crippen molar-refractivity contribution in [1.29, 1.82) is 0 Å². The van der Waals surface area contributed by atoms with E-state index in [-0.39, 0.29) is 23.2 Å². The first kappa shape index (κ1) is 28.4. The maximum atomic E-state index is 13.0. The molecule has 0 amide bonds. The summed E-state index contributed by atoms with van der Waals surface area (Å²) >= 11 is 9.90. The third-order valence-electron chi connectivity index (χ3n) is 6.96. The van der Waals surface area contributed by atoms with Crippen LogP contribution in [0.3, 0.4) is 0 Å². The van der Waals surface area contributed by atoms with Crippen LogP contribution in [0.2, 0.25) is 5.02 Å². The zero-order chi connectivity index (χ0) is 27.6. The number of rotatable bonds is 10. The third kappa shape index (κ3) is 6.50. The molecule has 1 unspecified atom stereocenters. The number of piperidine rings is 1. The van der Waals surface area contributed by atoms with Crippen LogP contribution in [0, 0.1) is 0 Å². The largest absolute Gasteiger partial charge is 0.487 e. The van der Waals surface area contributed by atoms with Crippen LogP contribution >= 0.6 is 27.5 Å². The van der Waals surface area contributed by atoms with E-state index in [0.29, 0.717) is 29.5 Å². The van der Waals surface area contributed by atoms with Crippen molar-refractivity contribution in [1.82, 2.24) is 14.9 Å². The number of aromatic amines is 1. The number of fused-ring (bicyclic) bond motifs is 1. The number of Topliss-reactive ketones (excluding diaryl/α,β-unsaturated/α-hetero) is 1. The quantitative estimate of drug-likeness (QED) is 0.255. The van der Waals surface area contributed by atoms with Crippen LogP contribution in [0.1, 0.15) is 68.8 Å². The summed E-state index contributed by atoms with van der Waals surface area (Å²) in [6, 6.07) is 4.65. The summed E-state index contributed by atoms with van der Waals surface area (Å²) in [7, 11) is 0. The highest BCUT2D eigenvalue weighted by Gasteiger charge is 2.37. The fourth-order valence-corrected chi connectivity index (χ4v) is 6.22. The molecule has 0 saturated carbocycles. The lowest BCUT2D eigenvalue weighted by Gasteiger charge is -2.46. The van der Waals surface area contributed by atoms with Gasteiger partial charge in [-0.05, 0) is 92.7 Å². The molecule has 1 fully saturated rings. The van der Waals surface area contributed by atoms with Crippen molar-refractivity contribution in [2.75, 3.05) is 19.7 Å². The predicted octanol–water partition coefficient (Wildman–Crippen LogP) is 6.46. The molecular weight excluding hydrogens is 574 g/mol. The van der Waals surface area contributed by atoms with Gasteiger partial charge in [-0.3, -0.25) is 14.7 Å². The van der Waals surface area contributed by atoms with Gasteiger partial charge in [0, 0.05) is 40.7 Å². The van der Waals surface area contributed by atoms with E-state index in [1.165, 1.54) is 11.6 Å². The average Bonchev–Trinajstić information content (AvgIpc) is 3.17. The lowest BCUT2D eigenvalue weighted by atomic mass is 9.79. The molecule has 0 radical (unpaired) electrons. The van der Waals surface area contributed by atoms with Gasteiger partial charge in [0.05, 0.1) is 22.4 Å². The highest BCUT2D eigenvalue weighted by atomic mass is 79.9. The molecule has 3 heterocycles. The molecule has 0 bridgehead atoms. The van der Waals surface area contributed by atoms with Crippen LogP contribution in [0.25, 0.3) is 10.9 Å². The number of carbonyl (C=O) groups is 2. The van der Waals surface area contributed by atoms with Crippen molar-refractivity contribution in [2.45, 2.75) is 64.5 Å². The normalized spacial score (nSPS) is 17.6. The Hall–Kier alpha value is -2.62. The van der Waals surface area contributed by atoms with Gasteiger partial charge in [0.1, 0.15) is 5.75 Å². The number of carboxylic acids is 1. The minimum Gasteiger partial charge on any atom is -0.487 e. The number of carbonyl (C=O) groups excluding carboxylic acids is 1. The van der Waals surface area contributed by atoms with Crippen molar-refractivity contribution in [3.8, 4) is 11.5 Å². The first-order valence-electron chi connectivity index (χ1n) is 12.7. The van der Waals surface area contributed by atoms with E-state index in [0.717, 1.165) is 40.6 Å². The Morgan fingerprint density at radius 2 is 2.05 bits per heavy atom. The number of nitrogens with zero attached hydrogens (tertiary/aromatic N) is 2. The van der Waals surface area contributed by atoms with Gasteiger partial charge >= 0.3 is 5.97 Å². The molecule has 1 aliphatic rings. The Morgan fingerprint density at radius 1 is 1.29 bits per heavy atom. The molecule has 2 aromatic heterocycles. The van der Waals surface area contributed by atoms with Gasteiger partial charge in [-0.15, -0.1) is 0 Å². The van der Waals surface area contributed by atoms with Crippen LogP contribution < -0.4 is 9.47 Å². The van der Waals surface area contributed by atoms with Crippen molar-refractivity contribution >= 4 is 50.2 Å². The van der Waals surface area contributed by atoms with E-state index in [1.807, 2.05) is 20.0 Å². The van der Waals surface area contributed by atoms with Gasteiger partial charge < -0.3 is 19.6 Å². The summed E-state index contributed by atoms with van der Waals surface area (Å²) in [6.45, 7) is 9.40. The molecule has 1 atom stereocenters. The van der Waals surface area contributed by atoms with E-state index >= 15 is 0 Å². The Kier molecular flexibility index (Phi) is 8.69. The number of hydrogen-bond donors (Lipinski definition) is 2. The lowest BCUT2D eigenvalue weighted by Crippen LogP contribution is -2.50. The summed E-state index contributed by atoms with van der Waals surface area (Å²) in [5.74, 6) is 0.179. The Labute approximate surface area is 235 Å². The number of halogens is 2. The van der Waals surface area contributed by atoms with Gasteiger partial charge in [-0.2, -0.15) is 0 Å². The minimum atomic E-state index is -1.09. The summed E-state index contributed by atoms with van der Waals surface area (Å²) in [6.07, 6.45) is 5.89. The number of aromatic nitrogens is 2. The molecule has 3 aromatic rings. The van der Waals surface area contributed by atoms with Crippen molar-refractivity contribution in [3.05, 3.63) is 51.3 Å². The van der Waals surface area contributed by atoms with Gasteiger partial charge in [-0.25, -0.2) is 4.79 Å². The number of H-pyrrole nitrogens is 1. The van der Waals surface area contributed by atoms with Crippen LogP contribution in [-0.4, -0.2) is 63.1 Å². The fraction of sp³-hybridized carbons (Fsp3) is 0.464. The second kappa shape index (κ2) is 11.6. The van der Waals surface area contributed by atoms with Gasteiger partial charge in [0.2, 0.25) is 0 Å². The van der Waals surface area contributed by atoms with E-state index in [2.05, 4.69) is 44.6 Å². The number of hydrogen-bond acceptors (Lipinski definition) is 6. The monoisotopic (exact) mass is 605 g/mol. The molecule has 4 rings (SSSR count). The number of ketones is 1. The van der Waals surface area contributed by atoms with E-state index in [4.69, 9.17) is 26.2 Å². The molecule has 38 heavy (non-hydrogen) atoms. The van der Waals surface area contributed by atoms with Crippen LogP contribution in [-0.2, 0) is 4.79 Å². The van der Waals surface area contributed by atoms with Crippen molar-refractivity contribution < 1.29 is 24.2 Å². The van der Waals surface area contributed by atoms with Gasteiger partial charge in [0.25, 0.3) is 0 Å². The second-order valence-electron chi connectivity index (χ2n) is 10.6. The second-order valence-corrected chi connectivity index (χ2v) is 11.8. The third-order valence-corrected chi connectivity index (χ3v) is 7.80. The number of aliphatic carboxylic acids is 1. The number of pyridine rings is 1. The average molecular weight is 607 g/mol. The van der Waals surface area contributed by atoms with Crippen LogP contribution in [0.5, 0.6) is 11.5 Å². The fourth-order valence-electron chi connectivity index (χ4n) is 5.25. The Bertz CT molecular complexity index is 1340. The molecule has 204 valence electrons. The number of carboxylic acid groups (broad SMARTS) is 1. The first-order chi connectivity index (χ1) is 17.9. The topological polar surface area (TPSA) is 105 Å². The zero-order valence-electron chi connectivity index (χ0n) is 22.0. The number of benzene rings is 1. The summed E-state index contributed by atoms with van der Waals surface area (Å²) < 4.78 is 12.1. The smallest absolute Gasteiger partial charge is 0.341 e. The lowest BCUT2D eigenvalue weighted by molar-refractivity contribution is -0.139. The predicted molar refractivity (Wildman–Crippen MR) is 151 cm³/mol. The van der Waals surface area contributed by atoms with E-state index < -0.39 is 12.6 Å². The zero-order valence-corrected chi connectivity index (χ0v) is 24.4. The molecule has 10 heteroatoms. The maximum Gasteiger partial charge on any atom is 0.341 e. The Morgan fingerprint density at radius 3 is 2.74 bits per heavy atom. The van der Waals surface area contributed by atoms with Crippen molar-refractivity contribution in [2.24, 2.45) is 0 Å². The molecule has 1 aromatic carbocycles. The summed E-state index contributed by atoms with van der Waals surface area (Å²) in [4.78, 5) is 34.1. The molecule has 0 aliphatic carbocycles. The number of nitrogens with one attached hydrogen (secondary N) is 1. The molecule has 8 nitrogen and oxygen atoms in total. The number of likely N-dealkylation sites (tertiary alicyclic amines) is 1. The summed E-state index contributed by atoms with van der Waals surface area (Å²) in [5, 5.41) is 10.2. The highest BCUT2D eigenvalue weighted by molar-refractivity contribution is 9.10. The van der Waals surface area contributed by atoms with Gasteiger partial charge in [0.15, 0.2) is 18.1 Å². The van der Waals surface area contributed by atoms with E-state index in [1.54, 1.807) is 18.3 Å². The SMILES string of the molecule is CC(C)Oc1cncc2c(C3CCN(CCC(=O)c4cc(Cl)cc(OCC(=O)O)c4)C(C)(C)C3)c(Br)[nH]c12. The van der Waals surface area contributed by atoms with Gasteiger partial charge in [-0.1, -0.05) is 11.6 Å².